The Kier molecular flexibility index (Phi) is 3.43. The third-order valence-electron chi connectivity index (χ3n) is 2.99. The molecule has 1 saturated heterocycles. The number of alkyl halides is 1. The maximum absolute atomic E-state index is 11.9. The summed E-state index contributed by atoms with van der Waals surface area (Å²) in [7, 11) is 0. The number of amides is 1. The molecule has 0 aromatic heterocycles. The van der Waals surface area contributed by atoms with Crippen molar-refractivity contribution in [1.82, 2.24) is 0 Å². The van der Waals surface area contributed by atoms with Gasteiger partial charge in [-0.15, -0.1) is 11.6 Å². The van der Waals surface area contributed by atoms with E-state index in [4.69, 9.17) is 22.4 Å². The molecule has 6 heteroatoms. The van der Waals surface area contributed by atoms with Gasteiger partial charge in [0.1, 0.15) is 0 Å². The van der Waals surface area contributed by atoms with Gasteiger partial charge in [0.2, 0.25) is 5.91 Å². The summed E-state index contributed by atoms with van der Waals surface area (Å²) in [5.74, 6) is -0.821. The number of rotatable bonds is 3. The molecular formula is C12H13ClN2O3. The number of carboxylic acid groups (broad SMARTS) is 1. The monoisotopic (exact) mass is 268 g/mol. The first kappa shape index (κ1) is 12.7. The molecule has 1 unspecified atom stereocenters. The number of nitrogens with zero attached hydrogens (tertiary/aromatic N) is 1. The first-order valence-corrected chi connectivity index (χ1v) is 6.06. The molecule has 96 valence electrons. The van der Waals surface area contributed by atoms with Crippen LogP contribution in [0.4, 0.5) is 11.4 Å². The van der Waals surface area contributed by atoms with Gasteiger partial charge in [-0.25, -0.2) is 4.79 Å². The van der Waals surface area contributed by atoms with Gasteiger partial charge in [-0.05, 0) is 18.1 Å². The summed E-state index contributed by atoms with van der Waals surface area (Å²) < 4.78 is 0. The van der Waals surface area contributed by atoms with Gasteiger partial charge in [-0.2, -0.15) is 0 Å². The minimum Gasteiger partial charge on any atom is -0.478 e. The quantitative estimate of drug-likeness (QED) is 0.644. The molecule has 0 aliphatic carbocycles. The summed E-state index contributed by atoms with van der Waals surface area (Å²) in [6.45, 7) is 0.414. The third-order valence-corrected chi connectivity index (χ3v) is 3.43. The number of halogens is 1. The number of nitrogen functional groups attached to an aromatic ring is 1. The molecule has 5 nitrogen and oxygen atoms in total. The zero-order chi connectivity index (χ0) is 13.3. The van der Waals surface area contributed by atoms with Crippen LogP contribution in [-0.4, -0.2) is 29.4 Å². The Bertz CT molecular complexity index is 504. The van der Waals surface area contributed by atoms with Crippen LogP contribution in [-0.2, 0) is 4.79 Å². The van der Waals surface area contributed by atoms with E-state index in [0.717, 1.165) is 0 Å². The van der Waals surface area contributed by atoms with Crippen molar-refractivity contribution in [2.24, 2.45) is 5.92 Å². The van der Waals surface area contributed by atoms with E-state index in [-0.39, 0.29) is 23.1 Å². The maximum Gasteiger partial charge on any atom is 0.337 e. The van der Waals surface area contributed by atoms with Crippen LogP contribution in [0.25, 0.3) is 0 Å². The number of carbonyl (C=O) groups is 2. The summed E-state index contributed by atoms with van der Waals surface area (Å²) in [6.07, 6.45) is 0.330. The highest BCUT2D eigenvalue weighted by molar-refractivity contribution is 6.18. The Labute approximate surface area is 109 Å². The number of nitrogens with two attached hydrogens (primary N) is 1. The van der Waals surface area contributed by atoms with Crippen LogP contribution in [0.15, 0.2) is 18.2 Å². The van der Waals surface area contributed by atoms with Crippen molar-refractivity contribution in [3.63, 3.8) is 0 Å². The van der Waals surface area contributed by atoms with Crippen molar-refractivity contribution in [3.8, 4) is 0 Å². The number of carboxylic acids is 1. The van der Waals surface area contributed by atoms with Gasteiger partial charge in [0.15, 0.2) is 0 Å². The average Bonchev–Trinajstić information content (AvgIpc) is 2.70. The first-order valence-electron chi connectivity index (χ1n) is 5.52. The summed E-state index contributed by atoms with van der Waals surface area (Å²) >= 11 is 5.74. The lowest BCUT2D eigenvalue weighted by Crippen LogP contribution is -2.27. The van der Waals surface area contributed by atoms with Crippen LogP contribution in [0.5, 0.6) is 0 Å². The fraction of sp³-hybridized carbons (Fsp3) is 0.333. The molecular weight excluding hydrogens is 256 g/mol. The van der Waals surface area contributed by atoms with Crippen LogP contribution < -0.4 is 10.6 Å². The number of hydrogen-bond acceptors (Lipinski definition) is 3. The van der Waals surface area contributed by atoms with Crippen molar-refractivity contribution < 1.29 is 14.7 Å². The molecule has 0 saturated carbocycles. The molecule has 1 aliphatic rings. The summed E-state index contributed by atoms with van der Waals surface area (Å²) in [4.78, 5) is 24.5. The first-order chi connectivity index (χ1) is 8.54. The van der Waals surface area contributed by atoms with E-state index < -0.39 is 5.97 Å². The van der Waals surface area contributed by atoms with Gasteiger partial charge >= 0.3 is 5.97 Å². The molecule has 1 aromatic rings. The fourth-order valence-corrected chi connectivity index (χ4v) is 2.34. The van der Waals surface area contributed by atoms with E-state index in [2.05, 4.69) is 0 Å². The van der Waals surface area contributed by atoms with Crippen molar-refractivity contribution >= 4 is 34.9 Å². The zero-order valence-electron chi connectivity index (χ0n) is 9.60. The molecule has 1 amide bonds. The molecule has 0 radical (unpaired) electrons. The Morgan fingerprint density at radius 3 is 2.83 bits per heavy atom. The van der Waals surface area contributed by atoms with E-state index in [1.165, 1.54) is 11.0 Å². The summed E-state index contributed by atoms with van der Waals surface area (Å²) in [5, 5.41) is 9.14. The lowest BCUT2D eigenvalue weighted by atomic mass is 10.1. The topological polar surface area (TPSA) is 83.6 Å². The molecule has 1 heterocycles. The number of hydrogen-bond donors (Lipinski definition) is 2. The predicted octanol–water partition coefficient (Wildman–Crippen LogP) is 1.56. The van der Waals surface area contributed by atoms with E-state index in [0.29, 0.717) is 24.5 Å². The Hall–Kier alpha value is -1.75. The van der Waals surface area contributed by atoms with Gasteiger partial charge in [0.05, 0.1) is 16.9 Å². The van der Waals surface area contributed by atoms with Crippen molar-refractivity contribution in [2.45, 2.75) is 6.42 Å². The zero-order valence-corrected chi connectivity index (χ0v) is 10.4. The summed E-state index contributed by atoms with van der Waals surface area (Å²) in [6, 6.07) is 4.58. The Morgan fingerprint density at radius 1 is 1.56 bits per heavy atom. The lowest BCUT2D eigenvalue weighted by Gasteiger charge is -2.20. The van der Waals surface area contributed by atoms with Gasteiger partial charge < -0.3 is 15.7 Å². The summed E-state index contributed by atoms with van der Waals surface area (Å²) in [5.41, 5.74) is 6.41. The van der Waals surface area contributed by atoms with Crippen LogP contribution in [0.3, 0.4) is 0 Å². The average molecular weight is 269 g/mol. The second-order valence-electron chi connectivity index (χ2n) is 4.28. The van der Waals surface area contributed by atoms with Crippen LogP contribution in [0.1, 0.15) is 16.8 Å². The predicted molar refractivity (Wildman–Crippen MR) is 69.0 cm³/mol. The number of para-hydroxylation sites is 1. The van der Waals surface area contributed by atoms with Gasteiger partial charge in [-0.1, -0.05) is 6.07 Å². The van der Waals surface area contributed by atoms with Gasteiger partial charge in [0, 0.05) is 18.8 Å². The largest absolute Gasteiger partial charge is 0.478 e. The second-order valence-corrected chi connectivity index (χ2v) is 4.59. The van der Waals surface area contributed by atoms with Crippen molar-refractivity contribution in [1.29, 1.82) is 0 Å². The Morgan fingerprint density at radius 2 is 2.28 bits per heavy atom. The van der Waals surface area contributed by atoms with Crippen molar-refractivity contribution in [3.05, 3.63) is 23.8 Å². The molecule has 1 aliphatic heterocycles. The molecule has 0 bridgehead atoms. The normalized spacial score (nSPS) is 19.3. The molecule has 1 fully saturated rings. The number of anilines is 2. The van der Waals surface area contributed by atoms with Crippen LogP contribution in [0.2, 0.25) is 0 Å². The highest BCUT2D eigenvalue weighted by atomic mass is 35.5. The number of benzene rings is 1. The number of carbonyl (C=O) groups excluding carboxylic acids is 1. The van der Waals surface area contributed by atoms with Crippen LogP contribution >= 0.6 is 11.6 Å². The van der Waals surface area contributed by atoms with Gasteiger partial charge in [0.25, 0.3) is 0 Å². The minimum absolute atomic E-state index is 0.0403. The fourth-order valence-electron chi connectivity index (χ4n) is 2.14. The van der Waals surface area contributed by atoms with E-state index in [9.17, 15) is 9.59 Å². The highest BCUT2D eigenvalue weighted by Crippen LogP contribution is 2.33. The second kappa shape index (κ2) is 4.86. The molecule has 1 atom stereocenters. The maximum atomic E-state index is 11.9. The van der Waals surface area contributed by atoms with Gasteiger partial charge in [-0.3, -0.25) is 4.79 Å². The lowest BCUT2D eigenvalue weighted by molar-refractivity contribution is -0.117. The standard InChI is InChI=1S/C12H13ClN2O3/c13-5-7-4-10(16)15(6-7)11-8(12(17)18)2-1-3-9(11)14/h1-3,7H,4-6,14H2,(H,17,18). The molecule has 18 heavy (non-hydrogen) atoms. The number of aromatic carboxylic acids is 1. The molecule has 1 aromatic carbocycles. The third kappa shape index (κ3) is 2.13. The van der Waals surface area contributed by atoms with E-state index >= 15 is 0 Å². The van der Waals surface area contributed by atoms with E-state index in [1.807, 2.05) is 0 Å². The van der Waals surface area contributed by atoms with E-state index in [1.54, 1.807) is 12.1 Å². The van der Waals surface area contributed by atoms with Crippen molar-refractivity contribution in [2.75, 3.05) is 23.1 Å². The van der Waals surface area contributed by atoms with Crippen LogP contribution in [0, 0.1) is 5.92 Å². The smallest absolute Gasteiger partial charge is 0.337 e. The SMILES string of the molecule is Nc1cccc(C(=O)O)c1N1CC(CCl)CC1=O. The molecule has 0 spiro atoms. The Balaban J connectivity index is 2.45. The molecule has 2 rings (SSSR count). The highest BCUT2D eigenvalue weighted by Gasteiger charge is 2.33. The minimum atomic E-state index is -1.10. The molecule has 3 N–H and O–H groups in total.